The zero-order valence-electron chi connectivity index (χ0n) is 11.0. The lowest BCUT2D eigenvalue weighted by atomic mass is 10.1. The standard InChI is InChI=1S/C14H19ClN2O2/c1-9(16)10-2-5-13(12(15)8-10)19-7-6-14(18)17-11-3-4-11/h2,5,8-9,11H,3-4,6-7,16H2,1H3,(H,17,18)/t9-/m1/s1. The molecule has 5 heteroatoms. The number of ether oxygens (including phenoxy) is 1. The summed E-state index contributed by atoms with van der Waals surface area (Å²) in [6, 6.07) is 5.80. The summed E-state index contributed by atoms with van der Waals surface area (Å²) in [6.45, 7) is 2.23. The minimum absolute atomic E-state index is 0.0332. The average Bonchev–Trinajstić information content (AvgIpc) is 3.14. The molecule has 4 nitrogen and oxygen atoms in total. The van der Waals surface area contributed by atoms with E-state index < -0.39 is 0 Å². The number of benzene rings is 1. The Morgan fingerprint density at radius 1 is 1.58 bits per heavy atom. The number of hydrogen-bond donors (Lipinski definition) is 2. The summed E-state index contributed by atoms with van der Waals surface area (Å²) < 4.78 is 5.51. The molecule has 1 aromatic rings. The Kier molecular flexibility index (Phi) is 4.66. The van der Waals surface area contributed by atoms with Crippen LogP contribution >= 0.6 is 11.6 Å². The molecule has 1 amide bonds. The maximum absolute atomic E-state index is 11.5. The summed E-state index contributed by atoms with van der Waals surface area (Å²) in [5.74, 6) is 0.621. The first-order valence-corrected chi connectivity index (χ1v) is 6.91. The second-order valence-corrected chi connectivity index (χ2v) is 5.33. The first kappa shape index (κ1) is 14.2. The number of halogens is 1. The van der Waals surface area contributed by atoms with Crippen molar-refractivity contribution in [3.8, 4) is 5.75 Å². The molecule has 0 spiro atoms. The third-order valence-corrected chi connectivity index (χ3v) is 3.31. The molecule has 0 bridgehead atoms. The molecule has 0 aromatic heterocycles. The van der Waals surface area contributed by atoms with Crippen LogP contribution in [0.15, 0.2) is 18.2 Å². The van der Waals surface area contributed by atoms with Crippen molar-refractivity contribution < 1.29 is 9.53 Å². The maximum Gasteiger partial charge on any atom is 0.223 e. The van der Waals surface area contributed by atoms with E-state index in [1.165, 1.54) is 0 Å². The van der Waals surface area contributed by atoms with Crippen LogP contribution in [0, 0.1) is 0 Å². The van der Waals surface area contributed by atoms with E-state index in [-0.39, 0.29) is 11.9 Å². The predicted molar refractivity (Wildman–Crippen MR) is 75.3 cm³/mol. The van der Waals surface area contributed by atoms with Crippen LogP contribution in [0.1, 0.15) is 37.8 Å². The minimum atomic E-state index is -0.0594. The summed E-state index contributed by atoms with van der Waals surface area (Å²) >= 11 is 6.10. The molecule has 19 heavy (non-hydrogen) atoms. The quantitative estimate of drug-likeness (QED) is 0.842. The van der Waals surface area contributed by atoms with Crippen LogP contribution in [-0.2, 0) is 4.79 Å². The Morgan fingerprint density at radius 3 is 2.89 bits per heavy atom. The number of carbonyl (C=O) groups excluding carboxylic acids is 1. The normalized spacial score (nSPS) is 15.9. The van der Waals surface area contributed by atoms with Gasteiger partial charge in [-0.05, 0) is 37.5 Å². The smallest absolute Gasteiger partial charge is 0.223 e. The van der Waals surface area contributed by atoms with E-state index in [4.69, 9.17) is 22.1 Å². The lowest BCUT2D eigenvalue weighted by molar-refractivity contribution is -0.121. The Bertz CT molecular complexity index is 459. The topological polar surface area (TPSA) is 64.3 Å². The van der Waals surface area contributed by atoms with Gasteiger partial charge < -0.3 is 15.8 Å². The second kappa shape index (κ2) is 6.26. The molecule has 1 saturated carbocycles. The maximum atomic E-state index is 11.5. The fourth-order valence-electron chi connectivity index (χ4n) is 1.70. The highest BCUT2D eigenvalue weighted by molar-refractivity contribution is 6.32. The third kappa shape index (κ3) is 4.40. The van der Waals surface area contributed by atoms with Crippen molar-refractivity contribution in [2.45, 2.75) is 38.3 Å². The fraction of sp³-hybridized carbons (Fsp3) is 0.500. The summed E-state index contributed by atoms with van der Waals surface area (Å²) in [5, 5.41) is 3.44. The van der Waals surface area contributed by atoms with Gasteiger partial charge in [0.2, 0.25) is 5.91 Å². The van der Waals surface area contributed by atoms with Gasteiger partial charge in [-0.25, -0.2) is 0 Å². The van der Waals surface area contributed by atoms with E-state index in [2.05, 4.69) is 5.32 Å². The van der Waals surface area contributed by atoms with Crippen molar-refractivity contribution in [1.82, 2.24) is 5.32 Å². The van der Waals surface area contributed by atoms with E-state index in [0.717, 1.165) is 18.4 Å². The number of nitrogens with one attached hydrogen (secondary N) is 1. The molecular formula is C14H19ClN2O2. The van der Waals surface area contributed by atoms with E-state index in [1.807, 2.05) is 13.0 Å². The van der Waals surface area contributed by atoms with Crippen molar-refractivity contribution in [2.24, 2.45) is 5.73 Å². The molecule has 104 valence electrons. The third-order valence-electron chi connectivity index (χ3n) is 3.01. The van der Waals surface area contributed by atoms with Gasteiger partial charge in [0.05, 0.1) is 18.1 Å². The minimum Gasteiger partial charge on any atom is -0.491 e. The highest BCUT2D eigenvalue weighted by atomic mass is 35.5. The van der Waals surface area contributed by atoms with Gasteiger partial charge in [0, 0.05) is 12.1 Å². The summed E-state index contributed by atoms with van der Waals surface area (Å²) in [6.07, 6.45) is 2.54. The Morgan fingerprint density at radius 2 is 2.32 bits per heavy atom. The number of amides is 1. The summed E-state index contributed by atoms with van der Waals surface area (Å²) in [5.41, 5.74) is 6.73. The van der Waals surface area contributed by atoms with E-state index in [0.29, 0.717) is 29.8 Å². The van der Waals surface area contributed by atoms with Gasteiger partial charge in [-0.15, -0.1) is 0 Å². The monoisotopic (exact) mass is 282 g/mol. The zero-order valence-corrected chi connectivity index (χ0v) is 11.7. The van der Waals surface area contributed by atoms with Crippen molar-refractivity contribution in [1.29, 1.82) is 0 Å². The average molecular weight is 283 g/mol. The molecule has 1 fully saturated rings. The molecule has 1 aliphatic carbocycles. The molecule has 1 atom stereocenters. The van der Waals surface area contributed by atoms with Crippen LogP contribution in [-0.4, -0.2) is 18.6 Å². The van der Waals surface area contributed by atoms with Gasteiger partial charge in [0.25, 0.3) is 0 Å². The van der Waals surface area contributed by atoms with E-state index in [9.17, 15) is 4.79 Å². The lowest BCUT2D eigenvalue weighted by Crippen LogP contribution is -2.26. The molecule has 1 aromatic carbocycles. The summed E-state index contributed by atoms with van der Waals surface area (Å²) in [4.78, 5) is 11.5. The first-order valence-electron chi connectivity index (χ1n) is 6.53. The van der Waals surface area contributed by atoms with Crippen LogP contribution in [0.5, 0.6) is 5.75 Å². The molecule has 0 aliphatic heterocycles. The predicted octanol–water partition coefficient (Wildman–Crippen LogP) is 2.41. The number of carbonyl (C=O) groups is 1. The highest BCUT2D eigenvalue weighted by Gasteiger charge is 2.22. The Hall–Kier alpha value is -1.26. The zero-order chi connectivity index (χ0) is 13.8. The largest absolute Gasteiger partial charge is 0.491 e. The number of nitrogens with two attached hydrogens (primary N) is 1. The van der Waals surface area contributed by atoms with Gasteiger partial charge in [0.15, 0.2) is 0 Å². The second-order valence-electron chi connectivity index (χ2n) is 4.92. The number of rotatable bonds is 6. The van der Waals surface area contributed by atoms with Crippen LogP contribution in [0.3, 0.4) is 0 Å². The van der Waals surface area contributed by atoms with Gasteiger partial charge in [0.1, 0.15) is 5.75 Å². The van der Waals surface area contributed by atoms with Crippen molar-refractivity contribution >= 4 is 17.5 Å². The molecule has 0 unspecified atom stereocenters. The van der Waals surface area contributed by atoms with E-state index in [1.54, 1.807) is 12.1 Å². The SMILES string of the molecule is C[C@@H](N)c1ccc(OCCC(=O)NC2CC2)c(Cl)c1. The molecule has 0 saturated heterocycles. The molecule has 0 radical (unpaired) electrons. The summed E-state index contributed by atoms with van der Waals surface area (Å²) in [7, 11) is 0. The van der Waals surface area contributed by atoms with Crippen LogP contribution < -0.4 is 15.8 Å². The van der Waals surface area contributed by atoms with Crippen LogP contribution in [0.4, 0.5) is 0 Å². The molecular weight excluding hydrogens is 264 g/mol. The molecule has 3 N–H and O–H groups in total. The van der Waals surface area contributed by atoms with Crippen molar-refractivity contribution in [2.75, 3.05) is 6.61 Å². The molecule has 1 aliphatic rings. The van der Waals surface area contributed by atoms with Gasteiger partial charge in [-0.3, -0.25) is 4.79 Å². The molecule has 0 heterocycles. The van der Waals surface area contributed by atoms with Crippen LogP contribution in [0.2, 0.25) is 5.02 Å². The highest BCUT2D eigenvalue weighted by Crippen LogP contribution is 2.27. The van der Waals surface area contributed by atoms with Crippen molar-refractivity contribution in [3.05, 3.63) is 28.8 Å². The van der Waals surface area contributed by atoms with Gasteiger partial charge >= 0.3 is 0 Å². The fourth-order valence-corrected chi connectivity index (χ4v) is 1.94. The molecule has 2 rings (SSSR count). The first-order chi connectivity index (χ1) is 9.06. The van der Waals surface area contributed by atoms with Gasteiger partial charge in [-0.1, -0.05) is 17.7 Å². The van der Waals surface area contributed by atoms with Crippen LogP contribution in [0.25, 0.3) is 0 Å². The number of hydrogen-bond acceptors (Lipinski definition) is 3. The van der Waals surface area contributed by atoms with Gasteiger partial charge in [-0.2, -0.15) is 0 Å². The Balaban J connectivity index is 1.80. The van der Waals surface area contributed by atoms with Crippen molar-refractivity contribution in [3.63, 3.8) is 0 Å². The van der Waals surface area contributed by atoms with E-state index >= 15 is 0 Å². The Labute approximate surface area is 118 Å². The lowest BCUT2D eigenvalue weighted by Gasteiger charge is -2.11.